The molecule has 0 aliphatic carbocycles. The number of amides is 1. The van der Waals surface area contributed by atoms with Crippen molar-refractivity contribution in [2.24, 2.45) is 0 Å². The average molecular weight is 290 g/mol. The summed E-state index contributed by atoms with van der Waals surface area (Å²) in [5, 5.41) is 4.25. The monoisotopic (exact) mass is 290 g/mol. The molecule has 1 aromatic heterocycles. The number of hydrogen-bond donors (Lipinski definition) is 2. The normalized spacial score (nSPS) is 10.8. The van der Waals surface area contributed by atoms with E-state index >= 15 is 0 Å². The molecule has 1 amide bonds. The zero-order valence-electron chi connectivity index (χ0n) is 11.9. The molecule has 0 atom stereocenters. The maximum atomic E-state index is 11.7. The van der Waals surface area contributed by atoms with Gasteiger partial charge in [-0.2, -0.15) is 11.8 Å². The largest absolute Gasteiger partial charge is 0.361 e. The van der Waals surface area contributed by atoms with E-state index in [1.54, 1.807) is 0 Å². The minimum Gasteiger partial charge on any atom is -0.361 e. The van der Waals surface area contributed by atoms with Gasteiger partial charge in [0.05, 0.1) is 0 Å². The minimum absolute atomic E-state index is 0.172. The fraction of sp³-hybridized carbons (Fsp3) is 0.438. The van der Waals surface area contributed by atoms with Gasteiger partial charge >= 0.3 is 0 Å². The van der Waals surface area contributed by atoms with Crippen molar-refractivity contribution in [3.8, 4) is 0 Å². The van der Waals surface area contributed by atoms with Gasteiger partial charge in [0.1, 0.15) is 0 Å². The molecule has 0 saturated heterocycles. The van der Waals surface area contributed by atoms with E-state index in [4.69, 9.17) is 0 Å². The standard InChI is InChI=1S/C16H22N2OS/c1-20-11-5-10-17-16(19)9-4-6-13-12-18-15-8-3-2-7-14(13)15/h2-3,7-8,12,18H,4-6,9-11H2,1H3,(H,17,19). The maximum Gasteiger partial charge on any atom is 0.220 e. The third-order valence-electron chi connectivity index (χ3n) is 3.37. The number of rotatable bonds is 8. The highest BCUT2D eigenvalue weighted by Crippen LogP contribution is 2.19. The predicted octanol–water partition coefficient (Wildman–Crippen LogP) is 3.36. The fourth-order valence-corrected chi connectivity index (χ4v) is 2.74. The number of nitrogens with one attached hydrogen (secondary N) is 2. The van der Waals surface area contributed by atoms with Crippen LogP contribution >= 0.6 is 11.8 Å². The summed E-state index contributed by atoms with van der Waals surface area (Å²) in [4.78, 5) is 14.9. The quantitative estimate of drug-likeness (QED) is 0.732. The molecule has 0 aliphatic heterocycles. The Labute approximate surface area is 124 Å². The van der Waals surface area contributed by atoms with Gasteiger partial charge in [0.2, 0.25) is 5.91 Å². The van der Waals surface area contributed by atoms with Crippen LogP contribution in [0.2, 0.25) is 0 Å². The van der Waals surface area contributed by atoms with Gasteiger partial charge < -0.3 is 10.3 Å². The van der Waals surface area contributed by atoms with Crippen molar-refractivity contribution >= 4 is 28.6 Å². The van der Waals surface area contributed by atoms with Crippen molar-refractivity contribution in [1.82, 2.24) is 10.3 Å². The minimum atomic E-state index is 0.172. The Morgan fingerprint density at radius 3 is 3.00 bits per heavy atom. The Hall–Kier alpha value is -1.42. The maximum absolute atomic E-state index is 11.7. The van der Waals surface area contributed by atoms with Gasteiger partial charge in [0.15, 0.2) is 0 Å². The van der Waals surface area contributed by atoms with E-state index in [1.165, 1.54) is 16.5 Å². The van der Waals surface area contributed by atoms with E-state index in [2.05, 4.69) is 41.0 Å². The van der Waals surface area contributed by atoms with Crippen LogP contribution in [0.4, 0.5) is 0 Å². The number of aromatic amines is 1. The molecule has 1 aromatic carbocycles. The highest BCUT2D eigenvalue weighted by Gasteiger charge is 2.05. The Morgan fingerprint density at radius 1 is 1.30 bits per heavy atom. The smallest absolute Gasteiger partial charge is 0.220 e. The zero-order valence-corrected chi connectivity index (χ0v) is 12.8. The number of H-pyrrole nitrogens is 1. The molecule has 0 saturated carbocycles. The summed E-state index contributed by atoms with van der Waals surface area (Å²) in [6.07, 6.45) is 7.65. The van der Waals surface area contributed by atoms with Crippen molar-refractivity contribution in [1.29, 1.82) is 0 Å². The van der Waals surface area contributed by atoms with Crippen molar-refractivity contribution in [3.05, 3.63) is 36.0 Å². The van der Waals surface area contributed by atoms with Gasteiger partial charge in [-0.25, -0.2) is 0 Å². The zero-order chi connectivity index (χ0) is 14.2. The Morgan fingerprint density at radius 2 is 2.15 bits per heavy atom. The number of benzene rings is 1. The van der Waals surface area contributed by atoms with Gasteiger partial charge in [-0.15, -0.1) is 0 Å². The molecule has 0 radical (unpaired) electrons. The lowest BCUT2D eigenvalue weighted by atomic mass is 10.1. The summed E-state index contributed by atoms with van der Waals surface area (Å²) in [7, 11) is 0. The fourth-order valence-electron chi connectivity index (χ4n) is 2.31. The van der Waals surface area contributed by atoms with Crippen molar-refractivity contribution in [3.63, 3.8) is 0 Å². The van der Waals surface area contributed by atoms with E-state index in [9.17, 15) is 4.79 Å². The highest BCUT2D eigenvalue weighted by atomic mass is 32.2. The molecule has 0 bridgehead atoms. The van der Waals surface area contributed by atoms with Crippen LogP contribution in [-0.4, -0.2) is 29.4 Å². The van der Waals surface area contributed by atoms with E-state index in [0.29, 0.717) is 6.42 Å². The summed E-state index contributed by atoms with van der Waals surface area (Å²) < 4.78 is 0. The van der Waals surface area contributed by atoms with Crippen molar-refractivity contribution < 1.29 is 4.79 Å². The van der Waals surface area contributed by atoms with Gasteiger partial charge in [-0.3, -0.25) is 4.79 Å². The molecular formula is C16H22N2OS. The first kappa shape index (κ1) is 15.0. The van der Waals surface area contributed by atoms with Crippen molar-refractivity contribution in [2.75, 3.05) is 18.6 Å². The molecule has 3 nitrogen and oxygen atoms in total. The predicted molar refractivity (Wildman–Crippen MR) is 87.2 cm³/mol. The Balaban J connectivity index is 1.71. The summed E-state index contributed by atoms with van der Waals surface area (Å²) in [6, 6.07) is 8.30. The topological polar surface area (TPSA) is 44.9 Å². The molecule has 4 heteroatoms. The van der Waals surface area contributed by atoms with Crippen molar-refractivity contribution in [2.45, 2.75) is 25.7 Å². The second kappa shape index (κ2) is 8.00. The molecule has 0 aliphatic rings. The van der Waals surface area contributed by atoms with Crippen LogP contribution in [0.1, 0.15) is 24.8 Å². The molecule has 108 valence electrons. The van der Waals surface area contributed by atoms with E-state index < -0.39 is 0 Å². The second-order valence-electron chi connectivity index (χ2n) is 4.91. The number of fused-ring (bicyclic) bond motifs is 1. The number of carbonyl (C=O) groups excluding carboxylic acids is 1. The summed E-state index contributed by atoms with van der Waals surface area (Å²) >= 11 is 1.82. The van der Waals surface area contributed by atoms with Crippen LogP contribution in [0.5, 0.6) is 0 Å². The summed E-state index contributed by atoms with van der Waals surface area (Å²) in [5.41, 5.74) is 2.47. The molecule has 2 rings (SSSR count). The van der Waals surface area contributed by atoms with Crippen LogP contribution < -0.4 is 5.32 Å². The first-order chi connectivity index (χ1) is 9.81. The summed E-state index contributed by atoms with van der Waals surface area (Å²) in [5.74, 6) is 1.28. The third-order valence-corrected chi connectivity index (χ3v) is 4.07. The van der Waals surface area contributed by atoms with Gasteiger partial charge in [0, 0.05) is 30.1 Å². The van der Waals surface area contributed by atoms with Crippen LogP contribution in [0, 0.1) is 0 Å². The lowest BCUT2D eigenvalue weighted by Gasteiger charge is -2.04. The molecule has 20 heavy (non-hydrogen) atoms. The van der Waals surface area contributed by atoms with Gasteiger partial charge in [-0.05, 0) is 42.9 Å². The van der Waals surface area contributed by atoms with E-state index in [1.807, 2.05) is 17.8 Å². The number of thioether (sulfide) groups is 1. The highest BCUT2D eigenvalue weighted by molar-refractivity contribution is 7.98. The SMILES string of the molecule is CSCCCNC(=O)CCCc1c[nH]c2ccccc12. The summed E-state index contributed by atoms with van der Waals surface area (Å²) in [6.45, 7) is 0.798. The number of para-hydroxylation sites is 1. The molecule has 0 unspecified atom stereocenters. The molecule has 2 N–H and O–H groups in total. The Kier molecular flexibility index (Phi) is 5.99. The first-order valence-electron chi connectivity index (χ1n) is 7.12. The van der Waals surface area contributed by atoms with Crippen LogP contribution in [0.3, 0.4) is 0 Å². The molecule has 0 spiro atoms. The first-order valence-corrected chi connectivity index (χ1v) is 8.51. The van der Waals surface area contributed by atoms with Crippen LogP contribution in [0.25, 0.3) is 10.9 Å². The van der Waals surface area contributed by atoms with E-state index in [0.717, 1.165) is 31.6 Å². The van der Waals surface area contributed by atoms with E-state index in [-0.39, 0.29) is 5.91 Å². The average Bonchev–Trinajstić information content (AvgIpc) is 2.87. The molecule has 0 fully saturated rings. The van der Waals surface area contributed by atoms with Gasteiger partial charge in [0.25, 0.3) is 0 Å². The van der Waals surface area contributed by atoms with Gasteiger partial charge in [-0.1, -0.05) is 18.2 Å². The lowest BCUT2D eigenvalue weighted by molar-refractivity contribution is -0.121. The second-order valence-corrected chi connectivity index (χ2v) is 5.89. The number of aromatic nitrogens is 1. The third kappa shape index (κ3) is 4.30. The lowest BCUT2D eigenvalue weighted by Crippen LogP contribution is -2.24. The number of aryl methyl sites for hydroxylation is 1. The number of hydrogen-bond acceptors (Lipinski definition) is 2. The van der Waals surface area contributed by atoms with Crippen LogP contribution in [-0.2, 0) is 11.2 Å². The molecule has 2 aromatic rings. The van der Waals surface area contributed by atoms with Crippen LogP contribution in [0.15, 0.2) is 30.5 Å². The Bertz CT molecular complexity index is 550. The molecular weight excluding hydrogens is 268 g/mol. The number of carbonyl (C=O) groups is 1. The molecule has 1 heterocycles.